The first-order valence-corrected chi connectivity index (χ1v) is 8.75. The van der Waals surface area contributed by atoms with Crippen molar-refractivity contribution in [2.45, 2.75) is 38.1 Å². The third-order valence-electron chi connectivity index (χ3n) is 4.75. The molecule has 2 aliphatic rings. The Kier molecular flexibility index (Phi) is 4.82. The van der Waals surface area contributed by atoms with Gasteiger partial charge in [-0.3, -0.25) is 0 Å². The van der Waals surface area contributed by atoms with E-state index in [4.69, 9.17) is 5.26 Å². The lowest BCUT2D eigenvalue weighted by Crippen LogP contribution is -2.46. The maximum Gasteiger partial charge on any atom is 0.0992 e. The summed E-state index contributed by atoms with van der Waals surface area (Å²) >= 11 is 3.51. The Balaban J connectivity index is 1.63. The number of hydrogen-bond acceptors (Lipinski definition) is 3. The lowest BCUT2D eigenvalue weighted by Gasteiger charge is -2.41. The van der Waals surface area contributed by atoms with Crippen molar-refractivity contribution in [3.63, 3.8) is 0 Å². The van der Waals surface area contributed by atoms with Crippen LogP contribution in [0.25, 0.3) is 0 Å². The molecule has 0 atom stereocenters. The molecular weight excluding hydrogens is 326 g/mol. The van der Waals surface area contributed by atoms with E-state index in [1.54, 1.807) is 0 Å². The molecule has 1 aromatic carbocycles. The van der Waals surface area contributed by atoms with Crippen LogP contribution in [0.3, 0.4) is 0 Å². The molecule has 2 saturated heterocycles. The summed E-state index contributed by atoms with van der Waals surface area (Å²) in [5.74, 6) is 0. The van der Waals surface area contributed by atoms with Gasteiger partial charge in [-0.2, -0.15) is 5.26 Å². The molecule has 0 spiro atoms. The molecule has 3 rings (SSSR count). The summed E-state index contributed by atoms with van der Waals surface area (Å²) in [7, 11) is 0. The van der Waals surface area contributed by atoms with Crippen molar-refractivity contribution < 1.29 is 0 Å². The third kappa shape index (κ3) is 3.59. The predicted octanol–water partition coefficient (Wildman–Crippen LogP) is 3.78. The Morgan fingerprint density at radius 2 is 1.71 bits per heavy atom. The minimum absolute atomic E-state index is 0.734. The third-order valence-corrected chi connectivity index (χ3v) is 5.21. The molecule has 0 aromatic heterocycles. The lowest BCUT2D eigenvalue weighted by atomic mass is 9.99. The summed E-state index contributed by atoms with van der Waals surface area (Å²) in [4.78, 5) is 5.12. The SMILES string of the molecule is N#Cc1cc(Br)cc(N2CCC(N3CCCCC3)CC2)c1. The van der Waals surface area contributed by atoms with Crippen LogP contribution in [0.2, 0.25) is 0 Å². The molecule has 0 radical (unpaired) electrons. The quantitative estimate of drug-likeness (QED) is 0.815. The summed E-state index contributed by atoms with van der Waals surface area (Å²) in [6.45, 7) is 4.78. The minimum Gasteiger partial charge on any atom is -0.371 e. The molecule has 112 valence electrons. The Labute approximate surface area is 135 Å². The van der Waals surface area contributed by atoms with Crippen LogP contribution in [-0.2, 0) is 0 Å². The van der Waals surface area contributed by atoms with Crippen molar-refractivity contribution in [2.24, 2.45) is 0 Å². The van der Waals surface area contributed by atoms with Crippen molar-refractivity contribution in [1.29, 1.82) is 5.26 Å². The summed E-state index contributed by atoms with van der Waals surface area (Å²) in [5, 5.41) is 9.10. The van der Waals surface area contributed by atoms with Gasteiger partial charge in [-0.25, -0.2) is 0 Å². The fourth-order valence-electron chi connectivity index (χ4n) is 3.59. The van der Waals surface area contributed by atoms with E-state index >= 15 is 0 Å². The first kappa shape index (κ1) is 14.9. The maximum atomic E-state index is 9.10. The molecule has 0 amide bonds. The average molecular weight is 348 g/mol. The van der Waals surface area contributed by atoms with Crippen LogP contribution in [0.5, 0.6) is 0 Å². The van der Waals surface area contributed by atoms with E-state index in [2.05, 4.69) is 37.9 Å². The average Bonchev–Trinajstić information content (AvgIpc) is 2.55. The molecule has 21 heavy (non-hydrogen) atoms. The minimum atomic E-state index is 0.734. The van der Waals surface area contributed by atoms with E-state index in [1.165, 1.54) is 50.9 Å². The van der Waals surface area contributed by atoms with E-state index in [-0.39, 0.29) is 0 Å². The summed E-state index contributed by atoms with van der Waals surface area (Å²) in [5.41, 5.74) is 1.91. The highest BCUT2D eigenvalue weighted by Gasteiger charge is 2.25. The van der Waals surface area contributed by atoms with Gasteiger partial charge in [0.25, 0.3) is 0 Å². The van der Waals surface area contributed by atoms with Gasteiger partial charge in [0.05, 0.1) is 11.6 Å². The number of nitrogens with zero attached hydrogens (tertiary/aromatic N) is 3. The summed E-state index contributed by atoms with van der Waals surface area (Å²) < 4.78 is 0.995. The highest BCUT2D eigenvalue weighted by atomic mass is 79.9. The molecule has 3 nitrogen and oxygen atoms in total. The van der Waals surface area contributed by atoms with Crippen LogP contribution >= 0.6 is 15.9 Å². The van der Waals surface area contributed by atoms with Gasteiger partial charge in [0.15, 0.2) is 0 Å². The smallest absolute Gasteiger partial charge is 0.0992 e. The number of rotatable bonds is 2. The number of piperidine rings is 2. The number of nitriles is 1. The first-order valence-electron chi connectivity index (χ1n) is 7.96. The molecule has 0 unspecified atom stereocenters. The Hall–Kier alpha value is -1.05. The molecule has 2 fully saturated rings. The van der Waals surface area contributed by atoms with Gasteiger partial charge in [-0.05, 0) is 57.0 Å². The van der Waals surface area contributed by atoms with Crippen molar-refractivity contribution in [3.8, 4) is 6.07 Å². The van der Waals surface area contributed by atoms with Gasteiger partial charge in [0, 0.05) is 29.3 Å². The molecular formula is C17H22BrN3. The molecule has 2 heterocycles. The van der Waals surface area contributed by atoms with Gasteiger partial charge in [0.2, 0.25) is 0 Å². The number of benzene rings is 1. The van der Waals surface area contributed by atoms with Crippen LogP contribution in [-0.4, -0.2) is 37.1 Å². The zero-order chi connectivity index (χ0) is 14.7. The number of anilines is 1. The normalized spacial score (nSPS) is 21.2. The van der Waals surface area contributed by atoms with Gasteiger partial charge < -0.3 is 9.80 Å². The van der Waals surface area contributed by atoms with Gasteiger partial charge >= 0.3 is 0 Å². The fourth-order valence-corrected chi connectivity index (χ4v) is 4.08. The van der Waals surface area contributed by atoms with Crippen molar-refractivity contribution in [3.05, 3.63) is 28.2 Å². The number of hydrogen-bond donors (Lipinski definition) is 0. The molecule has 0 N–H and O–H groups in total. The van der Waals surface area contributed by atoms with Gasteiger partial charge in [-0.1, -0.05) is 22.4 Å². The zero-order valence-electron chi connectivity index (χ0n) is 12.4. The molecule has 1 aromatic rings. The van der Waals surface area contributed by atoms with E-state index in [9.17, 15) is 0 Å². The second-order valence-corrected chi connectivity index (χ2v) is 7.04. The van der Waals surface area contributed by atoms with E-state index in [1.807, 2.05) is 12.1 Å². The topological polar surface area (TPSA) is 30.3 Å². The monoisotopic (exact) mass is 347 g/mol. The largest absolute Gasteiger partial charge is 0.371 e. The van der Waals surface area contributed by atoms with Crippen molar-refractivity contribution in [1.82, 2.24) is 4.90 Å². The molecule has 0 bridgehead atoms. The summed E-state index contributed by atoms with van der Waals surface area (Å²) in [6, 6.07) is 9.02. The standard InChI is InChI=1S/C17H22BrN3/c18-15-10-14(13-19)11-17(12-15)21-8-4-16(5-9-21)20-6-2-1-3-7-20/h10-12,16H,1-9H2. The fraction of sp³-hybridized carbons (Fsp3) is 0.588. The maximum absolute atomic E-state index is 9.10. The molecule has 0 aliphatic carbocycles. The highest BCUT2D eigenvalue weighted by Crippen LogP contribution is 2.27. The van der Waals surface area contributed by atoms with Gasteiger partial charge in [0.1, 0.15) is 0 Å². The molecule has 2 aliphatic heterocycles. The van der Waals surface area contributed by atoms with Crippen LogP contribution in [0.4, 0.5) is 5.69 Å². The highest BCUT2D eigenvalue weighted by molar-refractivity contribution is 9.10. The van der Waals surface area contributed by atoms with Crippen LogP contribution < -0.4 is 4.90 Å². The van der Waals surface area contributed by atoms with E-state index in [0.717, 1.165) is 29.2 Å². The van der Waals surface area contributed by atoms with Gasteiger partial charge in [-0.15, -0.1) is 0 Å². The van der Waals surface area contributed by atoms with Crippen LogP contribution in [0, 0.1) is 11.3 Å². The first-order chi connectivity index (χ1) is 10.3. The predicted molar refractivity (Wildman–Crippen MR) is 89.5 cm³/mol. The molecule has 0 saturated carbocycles. The second-order valence-electron chi connectivity index (χ2n) is 6.12. The zero-order valence-corrected chi connectivity index (χ0v) is 14.0. The number of halogens is 1. The van der Waals surface area contributed by atoms with Crippen molar-refractivity contribution >= 4 is 21.6 Å². The lowest BCUT2D eigenvalue weighted by molar-refractivity contribution is 0.141. The Morgan fingerprint density at radius 3 is 2.38 bits per heavy atom. The van der Waals surface area contributed by atoms with Crippen molar-refractivity contribution in [2.75, 3.05) is 31.1 Å². The molecule has 4 heteroatoms. The van der Waals surface area contributed by atoms with E-state index in [0.29, 0.717) is 0 Å². The second kappa shape index (κ2) is 6.81. The summed E-state index contributed by atoms with van der Waals surface area (Å²) in [6.07, 6.45) is 6.64. The van der Waals surface area contributed by atoms with Crippen LogP contribution in [0.15, 0.2) is 22.7 Å². The number of likely N-dealkylation sites (tertiary alicyclic amines) is 1. The Morgan fingerprint density at radius 1 is 1.00 bits per heavy atom. The Bertz CT molecular complexity index is 523. The van der Waals surface area contributed by atoms with Crippen LogP contribution in [0.1, 0.15) is 37.7 Å². The van der Waals surface area contributed by atoms with E-state index < -0.39 is 0 Å².